The van der Waals surface area contributed by atoms with E-state index in [4.69, 9.17) is 18.5 Å². The molecule has 1 N–H and O–H groups in total. The van der Waals surface area contributed by atoms with E-state index in [0.717, 1.165) is 57.8 Å². The predicted molar refractivity (Wildman–Crippen MR) is 197 cm³/mol. The van der Waals surface area contributed by atoms with Crippen molar-refractivity contribution in [2.24, 2.45) is 0 Å². The number of hydrogen-bond donors (Lipinski definition) is 1. The van der Waals surface area contributed by atoms with Crippen molar-refractivity contribution in [2.75, 3.05) is 47.5 Å². The highest BCUT2D eigenvalue weighted by atomic mass is 31.2. The maximum Gasteiger partial charge on any atom is 0.472 e. The molecule has 10 heteroatoms. The van der Waals surface area contributed by atoms with E-state index in [1.54, 1.807) is 0 Å². The summed E-state index contributed by atoms with van der Waals surface area (Å²) in [4.78, 5) is 35.0. The lowest BCUT2D eigenvalue weighted by Gasteiger charge is -2.24. The second kappa shape index (κ2) is 31.5. The van der Waals surface area contributed by atoms with E-state index in [2.05, 4.69) is 38.2 Å². The Kier molecular flexibility index (Phi) is 30.5. The van der Waals surface area contributed by atoms with Gasteiger partial charge < -0.3 is 18.9 Å². The molecule has 0 radical (unpaired) electrons. The molecule has 282 valence electrons. The Morgan fingerprint density at radius 1 is 0.646 bits per heavy atom. The number of quaternary nitrogens is 1. The molecule has 9 nitrogen and oxygen atoms in total. The Morgan fingerprint density at radius 2 is 1.12 bits per heavy atom. The summed E-state index contributed by atoms with van der Waals surface area (Å²) < 4.78 is 34.1. The van der Waals surface area contributed by atoms with Crippen LogP contribution in [0.15, 0.2) is 24.3 Å². The lowest BCUT2D eigenvalue weighted by atomic mass is 10.1. The molecule has 0 aliphatic rings. The van der Waals surface area contributed by atoms with E-state index in [9.17, 15) is 19.0 Å². The van der Waals surface area contributed by atoms with E-state index < -0.39 is 26.5 Å². The normalized spacial score (nSPS) is 14.0. The molecular weight excluding hydrogens is 629 g/mol. The summed E-state index contributed by atoms with van der Waals surface area (Å²) in [5.74, 6) is -0.819. The van der Waals surface area contributed by atoms with Gasteiger partial charge in [-0.1, -0.05) is 122 Å². The van der Waals surface area contributed by atoms with Crippen LogP contribution in [0.2, 0.25) is 0 Å². The molecule has 0 aromatic rings. The molecule has 0 aromatic carbocycles. The van der Waals surface area contributed by atoms with Crippen molar-refractivity contribution in [2.45, 2.75) is 161 Å². The first-order chi connectivity index (χ1) is 23.0. The fraction of sp³-hybridized carbons (Fsp3) is 0.842. The highest BCUT2D eigenvalue weighted by Gasteiger charge is 2.27. The molecule has 0 saturated carbocycles. The second-order valence-corrected chi connectivity index (χ2v) is 15.4. The number of allylic oxidation sites excluding steroid dienone is 4. The minimum atomic E-state index is -4.36. The number of nitrogens with zero attached hydrogens (tertiary/aromatic N) is 1. The number of ether oxygens (including phenoxy) is 2. The molecule has 0 spiro atoms. The van der Waals surface area contributed by atoms with Crippen molar-refractivity contribution in [3.8, 4) is 0 Å². The Hall–Kier alpha value is -1.51. The van der Waals surface area contributed by atoms with Gasteiger partial charge >= 0.3 is 19.8 Å². The average molecular weight is 703 g/mol. The smallest absolute Gasteiger partial charge is 0.462 e. The zero-order valence-electron chi connectivity index (χ0n) is 31.5. The number of likely N-dealkylation sites (N-methyl/N-ethyl adjacent to an activating group) is 1. The van der Waals surface area contributed by atoms with Crippen LogP contribution >= 0.6 is 7.82 Å². The van der Waals surface area contributed by atoms with Crippen molar-refractivity contribution in [3.63, 3.8) is 0 Å². The summed E-state index contributed by atoms with van der Waals surface area (Å²) in [6.45, 7) is 4.34. The van der Waals surface area contributed by atoms with Crippen molar-refractivity contribution in [3.05, 3.63) is 24.3 Å². The molecule has 0 heterocycles. The zero-order chi connectivity index (χ0) is 35.8. The molecule has 0 amide bonds. The molecule has 2 unspecified atom stereocenters. The first-order valence-electron chi connectivity index (χ1n) is 19.1. The van der Waals surface area contributed by atoms with E-state index in [0.29, 0.717) is 17.4 Å². The van der Waals surface area contributed by atoms with Gasteiger partial charge in [-0.25, -0.2) is 4.57 Å². The molecule has 0 bridgehead atoms. The summed E-state index contributed by atoms with van der Waals surface area (Å²) >= 11 is 0. The minimum Gasteiger partial charge on any atom is -0.462 e. The number of carbonyl (C=O) groups excluding carboxylic acids is 2. The van der Waals surface area contributed by atoms with Crippen LogP contribution < -0.4 is 0 Å². The van der Waals surface area contributed by atoms with E-state index in [-0.39, 0.29) is 32.0 Å². The lowest BCUT2D eigenvalue weighted by molar-refractivity contribution is -0.870. The number of carbonyl (C=O) groups is 2. The van der Waals surface area contributed by atoms with Crippen LogP contribution in [0, 0.1) is 0 Å². The largest absolute Gasteiger partial charge is 0.472 e. The predicted octanol–water partition coefficient (Wildman–Crippen LogP) is 10.0. The first-order valence-corrected chi connectivity index (χ1v) is 20.6. The van der Waals surface area contributed by atoms with Crippen LogP contribution in [0.4, 0.5) is 0 Å². The third-order valence-electron chi connectivity index (χ3n) is 7.98. The lowest BCUT2D eigenvalue weighted by Crippen LogP contribution is -2.37. The van der Waals surface area contributed by atoms with Gasteiger partial charge in [0.05, 0.1) is 27.7 Å². The Bertz CT molecular complexity index is 886. The number of rotatable bonds is 34. The van der Waals surface area contributed by atoms with Crippen molar-refractivity contribution in [1.82, 2.24) is 0 Å². The van der Waals surface area contributed by atoms with Gasteiger partial charge in [0, 0.05) is 12.8 Å². The zero-order valence-corrected chi connectivity index (χ0v) is 32.4. The Morgan fingerprint density at radius 3 is 1.67 bits per heavy atom. The number of esters is 2. The van der Waals surface area contributed by atoms with Crippen LogP contribution in [-0.2, 0) is 32.7 Å². The van der Waals surface area contributed by atoms with Crippen LogP contribution in [0.3, 0.4) is 0 Å². The highest BCUT2D eigenvalue weighted by molar-refractivity contribution is 7.47. The maximum absolute atomic E-state index is 12.6. The molecule has 0 fully saturated rings. The first kappa shape index (κ1) is 46.5. The summed E-state index contributed by atoms with van der Waals surface area (Å²) in [5, 5.41) is 0. The average Bonchev–Trinajstić information content (AvgIpc) is 3.02. The van der Waals surface area contributed by atoms with Gasteiger partial charge in [0.15, 0.2) is 6.10 Å². The molecule has 0 aliphatic heterocycles. The monoisotopic (exact) mass is 703 g/mol. The van der Waals surface area contributed by atoms with Gasteiger partial charge in [-0.05, 0) is 44.9 Å². The summed E-state index contributed by atoms with van der Waals surface area (Å²) in [7, 11) is 1.47. The number of phosphoric ester groups is 1. The van der Waals surface area contributed by atoms with Gasteiger partial charge in [-0.2, -0.15) is 0 Å². The van der Waals surface area contributed by atoms with Gasteiger partial charge in [0.25, 0.3) is 0 Å². The third-order valence-corrected chi connectivity index (χ3v) is 8.97. The second-order valence-electron chi connectivity index (χ2n) is 14.0. The molecule has 0 aliphatic carbocycles. The molecule has 2 atom stereocenters. The number of phosphoric acid groups is 1. The third kappa shape index (κ3) is 34.4. The van der Waals surface area contributed by atoms with Crippen molar-refractivity contribution in [1.29, 1.82) is 0 Å². The van der Waals surface area contributed by atoms with Crippen molar-refractivity contribution < 1.29 is 42.1 Å². The maximum atomic E-state index is 12.6. The van der Waals surface area contributed by atoms with E-state index in [1.165, 1.54) is 64.2 Å². The molecule has 0 aromatic heterocycles. The SMILES string of the molecule is CCCCCC/C=C\C/C=C\CCCCCCCC(=O)OC(COC(=O)CCCCCCCCCC)COP(=O)(O)OCC[N+](C)(C)C. The van der Waals surface area contributed by atoms with Crippen LogP contribution in [-0.4, -0.2) is 74.9 Å². The summed E-state index contributed by atoms with van der Waals surface area (Å²) in [6.07, 6.45) is 30.9. The topological polar surface area (TPSA) is 108 Å². The summed E-state index contributed by atoms with van der Waals surface area (Å²) in [5.41, 5.74) is 0. The van der Waals surface area contributed by atoms with Gasteiger partial charge in [0.2, 0.25) is 0 Å². The fourth-order valence-corrected chi connectivity index (χ4v) is 5.67. The van der Waals surface area contributed by atoms with Crippen LogP contribution in [0.25, 0.3) is 0 Å². The summed E-state index contributed by atoms with van der Waals surface area (Å²) in [6, 6.07) is 0. The van der Waals surface area contributed by atoms with E-state index in [1.807, 2.05) is 21.1 Å². The Labute approximate surface area is 294 Å². The van der Waals surface area contributed by atoms with Crippen molar-refractivity contribution >= 4 is 19.8 Å². The highest BCUT2D eigenvalue weighted by Crippen LogP contribution is 2.43. The van der Waals surface area contributed by atoms with Gasteiger partial charge in [-0.15, -0.1) is 0 Å². The quantitative estimate of drug-likeness (QED) is 0.0232. The fourth-order valence-electron chi connectivity index (χ4n) is 4.92. The van der Waals surface area contributed by atoms with Gasteiger partial charge in [-0.3, -0.25) is 18.6 Å². The van der Waals surface area contributed by atoms with Gasteiger partial charge in [0.1, 0.15) is 19.8 Å². The molecule has 0 saturated heterocycles. The molecule has 0 rings (SSSR count). The van der Waals surface area contributed by atoms with Crippen LogP contribution in [0.5, 0.6) is 0 Å². The molecule has 48 heavy (non-hydrogen) atoms. The minimum absolute atomic E-state index is 0.0300. The van der Waals surface area contributed by atoms with Crippen LogP contribution in [0.1, 0.15) is 155 Å². The number of hydrogen-bond acceptors (Lipinski definition) is 7. The molecular formula is C38H73NO8P+. The number of unbranched alkanes of at least 4 members (excludes halogenated alkanes) is 16. The Balaban J connectivity index is 4.43. The standard InChI is InChI=1S/C38H72NO8P/c1-6-8-10-12-14-16-17-18-19-20-21-22-23-25-27-29-31-38(41)47-36(35-46-48(42,43)45-33-32-39(3,4)5)34-44-37(40)30-28-26-24-15-13-11-9-7-2/h16-17,19-20,36H,6-15,18,21-35H2,1-5H3/p+1/b17-16-,20-19-. The van der Waals surface area contributed by atoms with E-state index >= 15 is 0 Å².